The van der Waals surface area contributed by atoms with Crippen molar-refractivity contribution in [2.45, 2.75) is 96.8 Å². The third-order valence-electron chi connectivity index (χ3n) is 3.49. The summed E-state index contributed by atoms with van der Waals surface area (Å²) in [6.07, 6.45) is 17.3. The molecule has 0 aliphatic heterocycles. The quantitative estimate of drug-likeness (QED) is 0.128. The molecule has 0 aromatic heterocycles. The first-order chi connectivity index (χ1) is 10.8. The Balaban J connectivity index is -0.0000000599. The Labute approximate surface area is 230 Å². The molecule has 6 nitrogen and oxygen atoms in total. The third-order valence-corrected chi connectivity index (χ3v) is 3.49. The molecule has 0 rings (SSSR count). The first-order valence-electron chi connectivity index (χ1n) is 8.77. The number of carboxylic acid groups (broad SMARTS) is 1. The van der Waals surface area contributed by atoms with Crippen LogP contribution in [0.5, 0.6) is 0 Å². The van der Waals surface area contributed by atoms with Crippen molar-refractivity contribution < 1.29 is 122 Å². The van der Waals surface area contributed by atoms with Crippen molar-refractivity contribution in [3.63, 3.8) is 0 Å². The predicted octanol–water partition coefficient (Wildman–Crippen LogP) is -4.03. The molecule has 0 unspecified atom stereocenters. The number of rotatable bonds is 14. The Hall–Kier alpha value is 2.58. The SMILES string of the molecule is CCCCCCCCCCCCCCCC(=O)O.O=P(O)(O)O.[H-].[H-].[H-].[Na+].[Na+].[Na+]. The summed E-state index contributed by atoms with van der Waals surface area (Å²) in [7, 11) is -4.64. The van der Waals surface area contributed by atoms with E-state index >= 15 is 0 Å². The fraction of sp³-hybridized carbons (Fsp3) is 0.938. The second-order valence-electron chi connectivity index (χ2n) is 5.90. The van der Waals surface area contributed by atoms with Gasteiger partial charge in [-0.3, -0.25) is 4.79 Å². The summed E-state index contributed by atoms with van der Waals surface area (Å²) in [5.74, 6) is -0.655. The van der Waals surface area contributed by atoms with E-state index in [4.69, 9.17) is 24.4 Å². The third kappa shape index (κ3) is 56.3. The topological polar surface area (TPSA) is 115 Å². The van der Waals surface area contributed by atoms with Gasteiger partial charge in [-0.2, -0.15) is 0 Å². The molecule has 0 saturated heterocycles. The average Bonchev–Trinajstić information content (AvgIpc) is 2.42. The molecule has 26 heavy (non-hydrogen) atoms. The molecule has 0 fully saturated rings. The molecular weight excluding hydrogens is 388 g/mol. The first-order valence-corrected chi connectivity index (χ1v) is 10.3. The van der Waals surface area contributed by atoms with Crippen molar-refractivity contribution in [3.05, 3.63) is 0 Å². The summed E-state index contributed by atoms with van der Waals surface area (Å²) < 4.78 is 8.88. The van der Waals surface area contributed by atoms with Gasteiger partial charge in [0.15, 0.2) is 0 Å². The van der Waals surface area contributed by atoms with Gasteiger partial charge in [0.25, 0.3) is 0 Å². The Morgan fingerprint density at radius 3 is 1.15 bits per heavy atom. The second kappa shape index (κ2) is 29.8. The van der Waals surface area contributed by atoms with Crippen LogP contribution in [0.25, 0.3) is 0 Å². The van der Waals surface area contributed by atoms with E-state index in [2.05, 4.69) is 6.92 Å². The number of hydrogen-bond acceptors (Lipinski definition) is 2. The summed E-state index contributed by atoms with van der Waals surface area (Å²) in [5, 5.41) is 8.49. The average molecular weight is 426 g/mol. The van der Waals surface area contributed by atoms with Crippen LogP contribution in [-0.2, 0) is 9.36 Å². The number of carboxylic acids is 1. The van der Waals surface area contributed by atoms with Gasteiger partial charge in [0.05, 0.1) is 0 Å². The second-order valence-corrected chi connectivity index (χ2v) is 6.93. The number of hydrogen-bond donors (Lipinski definition) is 4. The molecule has 146 valence electrons. The summed E-state index contributed by atoms with van der Waals surface area (Å²) in [4.78, 5) is 31.9. The Morgan fingerprint density at radius 1 is 0.692 bits per heavy atom. The van der Waals surface area contributed by atoms with Gasteiger partial charge < -0.3 is 24.1 Å². The molecule has 0 aromatic rings. The van der Waals surface area contributed by atoms with Crippen LogP contribution < -0.4 is 88.7 Å². The van der Waals surface area contributed by atoms with Gasteiger partial charge in [0.1, 0.15) is 0 Å². The maximum Gasteiger partial charge on any atom is 1.00 e. The van der Waals surface area contributed by atoms with Crippen LogP contribution in [0.4, 0.5) is 0 Å². The van der Waals surface area contributed by atoms with Crippen molar-refractivity contribution in [1.82, 2.24) is 0 Å². The van der Waals surface area contributed by atoms with Crippen LogP contribution in [0.1, 0.15) is 101 Å². The monoisotopic (exact) mass is 426 g/mol. The van der Waals surface area contributed by atoms with Crippen molar-refractivity contribution in [1.29, 1.82) is 0 Å². The number of unbranched alkanes of at least 4 members (excludes halogenated alkanes) is 12. The van der Waals surface area contributed by atoms with E-state index in [0.717, 1.165) is 12.8 Å². The fourth-order valence-electron chi connectivity index (χ4n) is 2.29. The zero-order chi connectivity index (χ0) is 18.0. The molecule has 10 heteroatoms. The summed E-state index contributed by atoms with van der Waals surface area (Å²) in [6, 6.07) is 0. The normalized spacial score (nSPS) is 9.69. The molecule has 0 heterocycles. The van der Waals surface area contributed by atoms with Crippen LogP contribution >= 0.6 is 7.82 Å². The maximum atomic E-state index is 10.3. The Morgan fingerprint density at radius 2 is 0.923 bits per heavy atom. The van der Waals surface area contributed by atoms with Crippen molar-refractivity contribution in [3.8, 4) is 0 Å². The molecule has 0 radical (unpaired) electrons. The smallest absolute Gasteiger partial charge is 1.00 e. The number of carbonyl (C=O) groups is 1. The van der Waals surface area contributed by atoms with Crippen LogP contribution in [-0.4, -0.2) is 25.8 Å². The molecule has 0 aliphatic carbocycles. The van der Waals surface area contributed by atoms with E-state index in [1.807, 2.05) is 0 Å². The van der Waals surface area contributed by atoms with Gasteiger partial charge in [-0.05, 0) is 6.42 Å². The molecule has 0 aromatic carbocycles. The van der Waals surface area contributed by atoms with E-state index in [1.165, 1.54) is 70.6 Å². The van der Waals surface area contributed by atoms with E-state index in [0.29, 0.717) is 6.42 Å². The minimum Gasteiger partial charge on any atom is -1.00 e. The minimum absolute atomic E-state index is 0. The van der Waals surface area contributed by atoms with Gasteiger partial charge in [0.2, 0.25) is 0 Å². The maximum absolute atomic E-state index is 10.3. The van der Waals surface area contributed by atoms with Gasteiger partial charge in [0, 0.05) is 6.42 Å². The number of aliphatic carboxylic acids is 1. The summed E-state index contributed by atoms with van der Waals surface area (Å²) >= 11 is 0. The van der Waals surface area contributed by atoms with Crippen molar-refractivity contribution in [2.24, 2.45) is 0 Å². The molecule has 0 saturated carbocycles. The molecule has 0 aliphatic rings. The zero-order valence-corrected chi connectivity index (χ0v) is 24.3. The summed E-state index contributed by atoms with van der Waals surface area (Å²) in [5.41, 5.74) is 0. The van der Waals surface area contributed by atoms with Gasteiger partial charge in [-0.1, -0.05) is 84.0 Å². The standard InChI is InChI=1S/C16H32O2.3Na.H3O4P.3H/c1-2-3-4-5-6-7-8-9-10-11-12-13-14-15-16(17)18;;;;1-5(2,3)4;;;/h2-15H2,1H3,(H,17,18);;;;(H3,1,2,3,4);;;/q;3*+1;;3*-1. The fourth-order valence-corrected chi connectivity index (χ4v) is 2.29. The largest absolute Gasteiger partial charge is 1.00 e. The number of phosphoric acid groups is 1. The Kier molecular flexibility index (Phi) is 44.8. The van der Waals surface area contributed by atoms with Crippen LogP contribution in [0, 0.1) is 0 Å². The molecule has 4 N–H and O–H groups in total. The summed E-state index contributed by atoms with van der Waals surface area (Å²) in [6.45, 7) is 2.26. The van der Waals surface area contributed by atoms with E-state index in [1.54, 1.807) is 0 Å². The Bertz CT molecular complexity index is 322. The molecule has 0 bridgehead atoms. The molecule has 0 amide bonds. The minimum atomic E-state index is -4.64. The van der Waals surface area contributed by atoms with E-state index < -0.39 is 13.8 Å². The van der Waals surface area contributed by atoms with Crippen molar-refractivity contribution >= 4 is 13.8 Å². The first kappa shape index (κ1) is 39.1. The van der Waals surface area contributed by atoms with Gasteiger partial charge in [-0.15, -0.1) is 0 Å². The van der Waals surface area contributed by atoms with Gasteiger partial charge in [-0.25, -0.2) is 4.57 Å². The van der Waals surface area contributed by atoms with Crippen molar-refractivity contribution in [2.75, 3.05) is 0 Å². The van der Waals surface area contributed by atoms with Crippen LogP contribution in [0.3, 0.4) is 0 Å². The molecule has 0 atom stereocenters. The van der Waals surface area contributed by atoms with Crippen LogP contribution in [0.15, 0.2) is 0 Å². The van der Waals surface area contributed by atoms with E-state index in [-0.39, 0.29) is 93.0 Å². The van der Waals surface area contributed by atoms with E-state index in [9.17, 15) is 4.79 Å². The molecular formula is C16H38Na3O6P. The van der Waals surface area contributed by atoms with Gasteiger partial charge >= 0.3 is 102 Å². The zero-order valence-electron chi connectivity index (χ0n) is 20.5. The van der Waals surface area contributed by atoms with Crippen LogP contribution in [0.2, 0.25) is 0 Å². The predicted molar refractivity (Wildman–Crippen MR) is 95.5 cm³/mol. The molecule has 0 spiro atoms.